The Bertz CT molecular complexity index is 628. The van der Waals surface area contributed by atoms with Crippen molar-refractivity contribution in [3.05, 3.63) is 28.8 Å². The van der Waals surface area contributed by atoms with E-state index in [1.54, 1.807) is 7.11 Å². The second-order valence-corrected chi connectivity index (χ2v) is 6.99. The Morgan fingerprint density at radius 1 is 1.20 bits per heavy atom. The smallest absolute Gasteiger partial charge is 0.243 e. The van der Waals surface area contributed by atoms with Crippen LogP contribution in [-0.2, 0) is 14.3 Å². The second kappa shape index (κ2) is 7.97. The lowest BCUT2D eigenvalue weighted by molar-refractivity contribution is -0.132. The number of nitrogens with one attached hydrogen (secondary N) is 2. The molecule has 138 valence electrons. The van der Waals surface area contributed by atoms with Crippen LogP contribution in [0.3, 0.4) is 0 Å². The molecule has 0 saturated heterocycles. The van der Waals surface area contributed by atoms with Gasteiger partial charge in [-0.15, -0.1) is 0 Å². The number of benzene rings is 1. The molecule has 1 saturated carbocycles. The molecule has 0 aliphatic heterocycles. The van der Waals surface area contributed by atoms with Crippen LogP contribution >= 0.6 is 0 Å². The zero-order chi connectivity index (χ0) is 18.6. The van der Waals surface area contributed by atoms with E-state index in [1.807, 2.05) is 32.9 Å². The molecule has 1 aromatic rings. The normalized spacial score (nSPS) is 17.2. The standard InChI is InChI=1S/C19H29N3O3/c1-12-9-13(2)16(14(3)10-12)22-15(23)11-21-18(24)17(20)19(25-4)7-5-6-8-19/h9-10,17H,5-8,11,20H2,1-4H3,(H,21,24)(H,22,23). The second-order valence-electron chi connectivity index (χ2n) is 6.99. The summed E-state index contributed by atoms with van der Waals surface area (Å²) < 4.78 is 5.54. The Morgan fingerprint density at radius 2 is 1.76 bits per heavy atom. The summed E-state index contributed by atoms with van der Waals surface area (Å²) >= 11 is 0. The van der Waals surface area contributed by atoms with Gasteiger partial charge in [-0.1, -0.05) is 30.5 Å². The summed E-state index contributed by atoms with van der Waals surface area (Å²) in [4.78, 5) is 24.5. The van der Waals surface area contributed by atoms with E-state index in [0.717, 1.165) is 48.1 Å². The highest BCUT2D eigenvalue weighted by atomic mass is 16.5. The molecular formula is C19H29N3O3. The lowest BCUT2D eigenvalue weighted by Gasteiger charge is -2.32. The molecule has 6 nitrogen and oxygen atoms in total. The number of amides is 2. The van der Waals surface area contributed by atoms with Crippen molar-refractivity contribution < 1.29 is 14.3 Å². The van der Waals surface area contributed by atoms with Crippen molar-refractivity contribution in [2.75, 3.05) is 19.0 Å². The van der Waals surface area contributed by atoms with E-state index >= 15 is 0 Å². The van der Waals surface area contributed by atoms with Crippen molar-refractivity contribution in [3.8, 4) is 0 Å². The zero-order valence-electron chi connectivity index (χ0n) is 15.6. The molecule has 1 atom stereocenters. The lowest BCUT2D eigenvalue weighted by Crippen LogP contribution is -2.57. The van der Waals surface area contributed by atoms with Crippen molar-refractivity contribution in [2.24, 2.45) is 5.73 Å². The minimum absolute atomic E-state index is 0.112. The van der Waals surface area contributed by atoms with Crippen molar-refractivity contribution in [1.82, 2.24) is 5.32 Å². The number of ether oxygens (including phenoxy) is 1. The monoisotopic (exact) mass is 347 g/mol. The fraction of sp³-hybridized carbons (Fsp3) is 0.579. The molecule has 0 aromatic heterocycles. The third kappa shape index (κ3) is 4.38. The number of carbonyl (C=O) groups is 2. The van der Waals surface area contributed by atoms with E-state index < -0.39 is 11.6 Å². The topological polar surface area (TPSA) is 93.4 Å². The zero-order valence-corrected chi connectivity index (χ0v) is 15.6. The molecule has 0 radical (unpaired) electrons. The van der Waals surface area contributed by atoms with Crippen molar-refractivity contribution in [1.29, 1.82) is 0 Å². The van der Waals surface area contributed by atoms with Crippen LogP contribution in [0.2, 0.25) is 0 Å². The molecule has 1 unspecified atom stereocenters. The highest BCUT2D eigenvalue weighted by Crippen LogP contribution is 2.34. The van der Waals surface area contributed by atoms with E-state index in [0.29, 0.717) is 0 Å². The van der Waals surface area contributed by atoms with E-state index in [4.69, 9.17) is 10.5 Å². The maximum atomic E-state index is 12.3. The Balaban J connectivity index is 1.93. The molecule has 2 rings (SSSR count). The fourth-order valence-corrected chi connectivity index (χ4v) is 3.69. The van der Waals surface area contributed by atoms with Gasteiger partial charge in [0.25, 0.3) is 0 Å². The molecule has 25 heavy (non-hydrogen) atoms. The van der Waals surface area contributed by atoms with Crippen LogP contribution in [-0.4, -0.2) is 37.1 Å². The van der Waals surface area contributed by atoms with Crippen molar-refractivity contribution >= 4 is 17.5 Å². The van der Waals surface area contributed by atoms with Gasteiger partial charge in [0.05, 0.1) is 12.1 Å². The fourth-order valence-electron chi connectivity index (χ4n) is 3.69. The molecule has 2 amide bonds. The van der Waals surface area contributed by atoms with Gasteiger partial charge in [0.2, 0.25) is 11.8 Å². The van der Waals surface area contributed by atoms with Gasteiger partial charge < -0.3 is 21.1 Å². The maximum Gasteiger partial charge on any atom is 0.243 e. The molecule has 4 N–H and O–H groups in total. The Hall–Kier alpha value is -1.92. The summed E-state index contributed by atoms with van der Waals surface area (Å²) in [6, 6.07) is 3.26. The van der Waals surface area contributed by atoms with Gasteiger partial charge >= 0.3 is 0 Å². The summed E-state index contributed by atoms with van der Waals surface area (Å²) in [7, 11) is 1.59. The highest BCUT2D eigenvalue weighted by molar-refractivity contribution is 5.96. The molecule has 0 spiro atoms. The van der Waals surface area contributed by atoms with Crippen LogP contribution in [0.1, 0.15) is 42.4 Å². The number of aryl methyl sites for hydroxylation is 3. The first-order valence-electron chi connectivity index (χ1n) is 8.75. The van der Waals surface area contributed by atoms with Crippen molar-refractivity contribution in [3.63, 3.8) is 0 Å². The average molecular weight is 347 g/mol. The number of anilines is 1. The van der Waals surface area contributed by atoms with E-state index in [-0.39, 0.29) is 18.4 Å². The summed E-state index contributed by atoms with van der Waals surface area (Å²) in [5.41, 5.74) is 9.43. The maximum absolute atomic E-state index is 12.3. The first-order chi connectivity index (χ1) is 11.8. The quantitative estimate of drug-likeness (QED) is 0.733. The van der Waals surface area contributed by atoms with Crippen LogP contribution in [0.5, 0.6) is 0 Å². The summed E-state index contributed by atoms with van der Waals surface area (Å²) in [6.07, 6.45) is 3.54. The number of methoxy groups -OCH3 is 1. The summed E-state index contributed by atoms with van der Waals surface area (Å²) in [5, 5.41) is 5.50. The Morgan fingerprint density at radius 3 is 2.28 bits per heavy atom. The Labute approximate surface area is 149 Å². The van der Waals surface area contributed by atoms with Gasteiger partial charge in [-0.2, -0.15) is 0 Å². The lowest BCUT2D eigenvalue weighted by atomic mass is 9.92. The summed E-state index contributed by atoms with van der Waals surface area (Å²) in [6.45, 7) is 5.81. The predicted molar refractivity (Wildman–Crippen MR) is 98.5 cm³/mol. The number of rotatable bonds is 6. The number of hydrogen-bond donors (Lipinski definition) is 3. The number of hydrogen-bond acceptors (Lipinski definition) is 4. The van der Waals surface area contributed by atoms with Gasteiger partial charge in [-0.05, 0) is 44.7 Å². The number of carbonyl (C=O) groups excluding carboxylic acids is 2. The molecule has 1 aliphatic carbocycles. The highest BCUT2D eigenvalue weighted by Gasteiger charge is 2.43. The summed E-state index contributed by atoms with van der Waals surface area (Å²) in [5.74, 6) is -0.621. The Kier molecular flexibility index (Phi) is 6.19. The van der Waals surface area contributed by atoms with Crippen LogP contribution in [0.15, 0.2) is 12.1 Å². The van der Waals surface area contributed by atoms with Crippen molar-refractivity contribution in [2.45, 2.75) is 58.1 Å². The van der Waals surface area contributed by atoms with Crippen LogP contribution in [0.25, 0.3) is 0 Å². The number of nitrogens with two attached hydrogens (primary N) is 1. The van der Waals surface area contributed by atoms with Crippen LogP contribution < -0.4 is 16.4 Å². The van der Waals surface area contributed by atoms with Gasteiger partial charge in [0, 0.05) is 12.8 Å². The van der Waals surface area contributed by atoms with Gasteiger partial charge in [-0.3, -0.25) is 9.59 Å². The first-order valence-corrected chi connectivity index (χ1v) is 8.75. The molecule has 1 aromatic carbocycles. The largest absolute Gasteiger partial charge is 0.376 e. The minimum atomic E-state index is -0.768. The molecular weight excluding hydrogens is 318 g/mol. The van der Waals surface area contributed by atoms with E-state index in [9.17, 15) is 9.59 Å². The first kappa shape index (κ1) is 19.4. The van der Waals surface area contributed by atoms with Crippen LogP contribution in [0.4, 0.5) is 5.69 Å². The van der Waals surface area contributed by atoms with E-state index in [1.165, 1.54) is 0 Å². The average Bonchev–Trinajstić information content (AvgIpc) is 3.05. The third-order valence-corrected chi connectivity index (χ3v) is 5.07. The van der Waals surface area contributed by atoms with Gasteiger partial charge in [0.15, 0.2) is 0 Å². The SMILES string of the molecule is COC1(C(N)C(=O)NCC(=O)Nc2c(C)cc(C)cc2C)CCCC1. The van der Waals surface area contributed by atoms with E-state index in [2.05, 4.69) is 10.6 Å². The molecule has 0 heterocycles. The molecule has 0 bridgehead atoms. The third-order valence-electron chi connectivity index (χ3n) is 5.07. The molecule has 1 aliphatic rings. The predicted octanol–water partition coefficient (Wildman–Crippen LogP) is 1.95. The molecule has 6 heteroatoms. The molecule has 1 fully saturated rings. The van der Waals surface area contributed by atoms with Crippen LogP contribution in [0, 0.1) is 20.8 Å². The minimum Gasteiger partial charge on any atom is -0.376 e. The van der Waals surface area contributed by atoms with Gasteiger partial charge in [-0.25, -0.2) is 0 Å². The van der Waals surface area contributed by atoms with Gasteiger partial charge in [0.1, 0.15) is 6.04 Å².